The molecule has 2 N–H and O–H groups in total. The summed E-state index contributed by atoms with van der Waals surface area (Å²) in [6.45, 7) is 0.503. The SMILES string of the molecule is COc1ccc(N2C[C@H](NC(=O)NC3CCCCC3)CC2=O)cc1. The fourth-order valence-electron chi connectivity index (χ4n) is 3.48. The number of ether oxygens (including phenoxy) is 1. The second-order valence-electron chi connectivity index (χ2n) is 6.56. The topological polar surface area (TPSA) is 70.7 Å². The predicted octanol–water partition coefficient (Wildman–Crippen LogP) is 2.43. The van der Waals surface area contributed by atoms with Gasteiger partial charge in [-0.15, -0.1) is 0 Å². The molecule has 3 amide bonds. The number of carbonyl (C=O) groups is 2. The van der Waals surface area contributed by atoms with Crippen molar-refractivity contribution >= 4 is 17.6 Å². The summed E-state index contributed by atoms with van der Waals surface area (Å²) in [5, 5.41) is 5.98. The molecule has 1 heterocycles. The summed E-state index contributed by atoms with van der Waals surface area (Å²) >= 11 is 0. The first-order valence-corrected chi connectivity index (χ1v) is 8.67. The lowest BCUT2D eigenvalue weighted by Gasteiger charge is -2.24. The molecule has 1 atom stereocenters. The van der Waals surface area contributed by atoms with E-state index in [9.17, 15) is 9.59 Å². The van der Waals surface area contributed by atoms with Crippen LogP contribution in [0.25, 0.3) is 0 Å². The molecule has 24 heavy (non-hydrogen) atoms. The Morgan fingerprint density at radius 1 is 1.08 bits per heavy atom. The van der Waals surface area contributed by atoms with Gasteiger partial charge in [-0.1, -0.05) is 19.3 Å². The van der Waals surface area contributed by atoms with Crippen LogP contribution >= 0.6 is 0 Å². The smallest absolute Gasteiger partial charge is 0.315 e. The van der Waals surface area contributed by atoms with E-state index < -0.39 is 0 Å². The number of nitrogens with zero attached hydrogens (tertiary/aromatic N) is 1. The van der Waals surface area contributed by atoms with Crippen LogP contribution in [-0.4, -0.2) is 37.7 Å². The van der Waals surface area contributed by atoms with Crippen LogP contribution in [0, 0.1) is 0 Å². The average Bonchev–Trinajstić information content (AvgIpc) is 2.96. The summed E-state index contributed by atoms with van der Waals surface area (Å²) in [6, 6.07) is 7.36. The van der Waals surface area contributed by atoms with Gasteiger partial charge in [-0.3, -0.25) is 4.79 Å². The summed E-state index contributed by atoms with van der Waals surface area (Å²) in [6.07, 6.45) is 6.05. The Hall–Kier alpha value is -2.24. The largest absolute Gasteiger partial charge is 0.497 e. The summed E-state index contributed by atoms with van der Waals surface area (Å²) < 4.78 is 5.14. The third-order valence-electron chi connectivity index (χ3n) is 4.78. The number of anilines is 1. The molecule has 6 nitrogen and oxygen atoms in total. The van der Waals surface area contributed by atoms with Crippen molar-refractivity contribution in [3.63, 3.8) is 0 Å². The molecule has 2 fully saturated rings. The first-order chi connectivity index (χ1) is 11.7. The Kier molecular flexibility index (Phi) is 5.23. The molecule has 1 saturated heterocycles. The van der Waals surface area contributed by atoms with Crippen molar-refractivity contribution in [1.29, 1.82) is 0 Å². The Morgan fingerprint density at radius 2 is 1.75 bits per heavy atom. The van der Waals surface area contributed by atoms with E-state index in [2.05, 4.69) is 10.6 Å². The molecular formula is C18H25N3O3. The third kappa shape index (κ3) is 3.99. The highest BCUT2D eigenvalue weighted by atomic mass is 16.5. The van der Waals surface area contributed by atoms with Crippen LogP contribution in [0.1, 0.15) is 38.5 Å². The Labute approximate surface area is 142 Å². The molecule has 0 bridgehead atoms. The maximum Gasteiger partial charge on any atom is 0.315 e. The van der Waals surface area contributed by atoms with E-state index >= 15 is 0 Å². The molecule has 1 aromatic rings. The number of rotatable bonds is 4. The van der Waals surface area contributed by atoms with Gasteiger partial charge in [-0.25, -0.2) is 4.79 Å². The number of nitrogens with one attached hydrogen (secondary N) is 2. The average molecular weight is 331 g/mol. The number of benzene rings is 1. The number of carbonyl (C=O) groups excluding carboxylic acids is 2. The minimum Gasteiger partial charge on any atom is -0.497 e. The zero-order valence-electron chi connectivity index (χ0n) is 14.1. The number of urea groups is 1. The van der Waals surface area contributed by atoms with Crippen molar-refractivity contribution in [3.8, 4) is 5.75 Å². The Bertz CT molecular complexity index is 582. The number of hydrogen-bond acceptors (Lipinski definition) is 3. The van der Waals surface area contributed by atoms with E-state index in [0.29, 0.717) is 13.0 Å². The minimum atomic E-state index is -0.156. The molecule has 3 rings (SSSR count). The number of hydrogen-bond donors (Lipinski definition) is 2. The third-order valence-corrected chi connectivity index (χ3v) is 4.78. The van der Waals surface area contributed by atoms with E-state index in [1.807, 2.05) is 24.3 Å². The van der Waals surface area contributed by atoms with Crippen LogP contribution in [0.4, 0.5) is 10.5 Å². The minimum absolute atomic E-state index is 0.0307. The van der Waals surface area contributed by atoms with E-state index in [4.69, 9.17) is 4.74 Å². The quantitative estimate of drug-likeness (QED) is 0.890. The van der Waals surface area contributed by atoms with Crippen LogP contribution in [0.15, 0.2) is 24.3 Å². The lowest BCUT2D eigenvalue weighted by atomic mass is 9.96. The van der Waals surface area contributed by atoms with Crippen LogP contribution in [-0.2, 0) is 4.79 Å². The van der Waals surface area contributed by atoms with E-state index in [1.54, 1.807) is 12.0 Å². The highest BCUT2D eigenvalue weighted by molar-refractivity contribution is 5.96. The maximum atomic E-state index is 12.2. The molecule has 0 unspecified atom stereocenters. The maximum absolute atomic E-state index is 12.2. The molecule has 130 valence electrons. The van der Waals surface area contributed by atoms with Gasteiger partial charge in [0.2, 0.25) is 5.91 Å². The molecule has 1 aromatic carbocycles. The van der Waals surface area contributed by atoms with Crippen molar-refractivity contribution in [2.45, 2.75) is 50.6 Å². The standard InChI is InChI=1S/C18H25N3O3/c1-24-16-9-7-15(8-10-16)21-12-14(11-17(21)22)20-18(23)19-13-5-3-2-4-6-13/h7-10,13-14H,2-6,11-12H2,1H3,(H2,19,20,23)/t14-/m1/s1. The zero-order valence-corrected chi connectivity index (χ0v) is 14.1. The van der Waals surface area contributed by atoms with Gasteiger partial charge in [0.05, 0.1) is 13.2 Å². The summed E-state index contributed by atoms with van der Waals surface area (Å²) in [4.78, 5) is 26.1. The van der Waals surface area contributed by atoms with Gasteiger partial charge in [0.25, 0.3) is 0 Å². The van der Waals surface area contributed by atoms with Crippen LogP contribution in [0.5, 0.6) is 5.75 Å². The normalized spacial score (nSPS) is 21.6. The summed E-state index contributed by atoms with van der Waals surface area (Å²) in [5.74, 6) is 0.787. The van der Waals surface area contributed by atoms with Crippen LogP contribution < -0.4 is 20.3 Å². The van der Waals surface area contributed by atoms with Gasteiger partial charge in [-0.05, 0) is 37.1 Å². The molecule has 2 aliphatic rings. The van der Waals surface area contributed by atoms with Crippen molar-refractivity contribution in [2.24, 2.45) is 0 Å². The zero-order chi connectivity index (χ0) is 16.9. The first-order valence-electron chi connectivity index (χ1n) is 8.67. The molecule has 0 aromatic heterocycles. The predicted molar refractivity (Wildman–Crippen MR) is 92.3 cm³/mol. The van der Waals surface area contributed by atoms with Gasteiger partial charge in [-0.2, -0.15) is 0 Å². The van der Waals surface area contributed by atoms with Crippen LogP contribution in [0.3, 0.4) is 0 Å². The van der Waals surface area contributed by atoms with Gasteiger partial charge in [0.1, 0.15) is 5.75 Å². The highest BCUT2D eigenvalue weighted by Crippen LogP contribution is 2.24. The molecule has 1 saturated carbocycles. The lowest BCUT2D eigenvalue weighted by Crippen LogP contribution is -2.47. The van der Waals surface area contributed by atoms with E-state index in [1.165, 1.54) is 19.3 Å². The van der Waals surface area contributed by atoms with E-state index in [0.717, 1.165) is 24.3 Å². The van der Waals surface area contributed by atoms with Gasteiger partial charge in [0.15, 0.2) is 0 Å². The lowest BCUT2D eigenvalue weighted by molar-refractivity contribution is -0.117. The summed E-state index contributed by atoms with van der Waals surface area (Å²) in [7, 11) is 1.61. The number of amides is 3. The Balaban J connectivity index is 1.52. The Morgan fingerprint density at radius 3 is 2.42 bits per heavy atom. The molecule has 1 aliphatic heterocycles. The van der Waals surface area contributed by atoms with Crippen molar-refractivity contribution in [3.05, 3.63) is 24.3 Å². The number of methoxy groups -OCH3 is 1. The fraction of sp³-hybridized carbons (Fsp3) is 0.556. The molecule has 1 aliphatic carbocycles. The molecular weight excluding hydrogens is 306 g/mol. The second kappa shape index (κ2) is 7.55. The highest BCUT2D eigenvalue weighted by Gasteiger charge is 2.32. The van der Waals surface area contributed by atoms with Crippen molar-refractivity contribution < 1.29 is 14.3 Å². The molecule has 0 spiro atoms. The van der Waals surface area contributed by atoms with Gasteiger partial charge in [0, 0.05) is 24.7 Å². The second-order valence-corrected chi connectivity index (χ2v) is 6.56. The van der Waals surface area contributed by atoms with E-state index in [-0.39, 0.29) is 24.0 Å². The summed E-state index contributed by atoms with van der Waals surface area (Å²) in [5.41, 5.74) is 0.831. The first kappa shape index (κ1) is 16.6. The molecule has 6 heteroatoms. The van der Waals surface area contributed by atoms with Crippen molar-refractivity contribution in [1.82, 2.24) is 10.6 Å². The van der Waals surface area contributed by atoms with Gasteiger partial charge < -0.3 is 20.3 Å². The van der Waals surface area contributed by atoms with Crippen molar-refractivity contribution in [2.75, 3.05) is 18.6 Å². The van der Waals surface area contributed by atoms with Gasteiger partial charge >= 0.3 is 6.03 Å². The fourth-order valence-corrected chi connectivity index (χ4v) is 3.48. The monoisotopic (exact) mass is 331 g/mol. The van der Waals surface area contributed by atoms with Crippen LogP contribution in [0.2, 0.25) is 0 Å². The molecule has 0 radical (unpaired) electrons.